The molecule has 222 valence electrons. The van der Waals surface area contributed by atoms with Gasteiger partial charge in [0.1, 0.15) is 6.04 Å². The summed E-state index contributed by atoms with van der Waals surface area (Å²) in [5, 5.41) is 7.34. The Bertz CT molecular complexity index is 1390. The van der Waals surface area contributed by atoms with Crippen LogP contribution in [0.1, 0.15) is 44.5 Å². The van der Waals surface area contributed by atoms with Crippen molar-refractivity contribution >= 4 is 40.7 Å². The molecule has 1 fully saturated rings. The summed E-state index contributed by atoms with van der Waals surface area (Å²) in [5.74, 6) is -1.17. The predicted octanol–water partition coefficient (Wildman–Crippen LogP) is 3.35. The van der Waals surface area contributed by atoms with Crippen molar-refractivity contribution in [1.82, 2.24) is 10.6 Å². The zero-order chi connectivity index (χ0) is 30.1. The Hall–Kier alpha value is -4.42. The lowest BCUT2D eigenvalue weighted by atomic mass is 10.0. The molecule has 12 heteroatoms. The number of ether oxygens (including phenoxy) is 4. The quantitative estimate of drug-likeness (QED) is 0.305. The molecule has 1 aliphatic rings. The molecule has 0 bridgehead atoms. The number of nitrogens with zero attached hydrogens (tertiary/aromatic N) is 1. The zero-order valence-corrected chi connectivity index (χ0v) is 24.4. The number of carbonyl (C=O) groups is 4. The first-order chi connectivity index (χ1) is 20.4. The first-order valence-corrected chi connectivity index (χ1v) is 14.2. The maximum absolute atomic E-state index is 13.9. The number of anilines is 1. The van der Waals surface area contributed by atoms with Crippen molar-refractivity contribution in [2.45, 2.75) is 25.0 Å². The van der Waals surface area contributed by atoms with Gasteiger partial charge in [0.25, 0.3) is 5.91 Å². The van der Waals surface area contributed by atoms with Crippen molar-refractivity contribution in [3.63, 3.8) is 0 Å². The fourth-order valence-electron chi connectivity index (χ4n) is 4.61. The maximum atomic E-state index is 13.9. The molecule has 1 aliphatic heterocycles. The lowest BCUT2D eigenvalue weighted by Crippen LogP contribution is -2.48. The van der Waals surface area contributed by atoms with E-state index in [0.29, 0.717) is 34.2 Å². The summed E-state index contributed by atoms with van der Waals surface area (Å²) in [7, 11) is 4.24. The van der Waals surface area contributed by atoms with Crippen LogP contribution in [0.15, 0.2) is 60.0 Å². The Labute approximate surface area is 247 Å². The minimum Gasteiger partial charge on any atom is -0.493 e. The number of hydrogen-bond donors (Lipinski definition) is 2. The van der Waals surface area contributed by atoms with Gasteiger partial charge in [-0.05, 0) is 66.2 Å². The fourth-order valence-corrected chi connectivity index (χ4v) is 5.25. The molecule has 4 rings (SSSR count). The summed E-state index contributed by atoms with van der Waals surface area (Å²) >= 11 is 1.25. The highest BCUT2D eigenvalue weighted by atomic mass is 32.1. The van der Waals surface area contributed by atoms with Gasteiger partial charge in [-0.1, -0.05) is 12.1 Å². The van der Waals surface area contributed by atoms with E-state index in [-0.39, 0.29) is 18.2 Å². The molecule has 1 saturated heterocycles. The monoisotopic (exact) mass is 595 g/mol. The molecule has 0 radical (unpaired) electrons. The third kappa shape index (κ3) is 7.25. The molecule has 11 nitrogen and oxygen atoms in total. The Morgan fingerprint density at radius 2 is 1.76 bits per heavy atom. The third-order valence-electron chi connectivity index (χ3n) is 6.74. The molecule has 2 heterocycles. The van der Waals surface area contributed by atoms with Crippen LogP contribution in [-0.2, 0) is 19.1 Å². The Morgan fingerprint density at radius 3 is 2.38 bits per heavy atom. The summed E-state index contributed by atoms with van der Waals surface area (Å²) in [5.41, 5.74) is 1.03. The van der Waals surface area contributed by atoms with E-state index < -0.39 is 36.3 Å². The SMILES string of the molecule is COC(=O)c1ccc(N(C(=O)CNC(=O)c2cccs2)[C@@H](C(=O)NC[C@@H]2CCCO2)c2ccc(OC)c(OC)c2)cc1. The molecule has 3 amide bonds. The Kier molecular flexibility index (Phi) is 10.5. The van der Waals surface area contributed by atoms with Gasteiger partial charge in [0.05, 0.1) is 44.4 Å². The Morgan fingerprint density at radius 1 is 1.00 bits per heavy atom. The number of methoxy groups -OCH3 is 3. The Balaban J connectivity index is 1.74. The summed E-state index contributed by atoms with van der Waals surface area (Å²) in [6.45, 7) is 0.500. The number of amides is 3. The molecule has 0 unspecified atom stereocenters. The van der Waals surface area contributed by atoms with Gasteiger partial charge in [0.2, 0.25) is 11.8 Å². The zero-order valence-electron chi connectivity index (χ0n) is 23.6. The van der Waals surface area contributed by atoms with Crippen LogP contribution >= 0.6 is 11.3 Å². The lowest BCUT2D eigenvalue weighted by Gasteiger charge is -2.32. The van der Waals surface area contributed by atoms with E-state index >= 15 is 0 Å². The summed E-state index contributed by atoms with van der Waals surface area (Å²) in [6, 6.07) is 13.3. The second-order valence-electron chi connectivity index (χ2n) is 9.36. The third-order valence-corrected chi connectivity index (χ3v) is 7.61. The van der Waals surface area contributed by atoms with Gasteiger partial charge < -0.3 is 29.6 Å². The van der Waals surface area contributed by atoms with Crippen LogP contribution in [0.5, 0.6) is 11.5 Å². The normalized spacial score (nSPS) is 14.9. The summed E-state index contributed by atoms with van der Waals surface area (Å²) < 4.78 is 21.3. The van der Waals surface area contributed by atoms with Gasteiger partial charge in [-0.2, -0.15) is 0 Å². The van der Waals surface area contributed by atoms with Crippen LogP contribution in [0.4, 0.5) is 5.69 Å². The van der Waals surface area contributed by atoms with Gasteiger partial charge >= 0.3 is 5.97 Å². The number of thiophene rings is 1. The minimum absolute atomic E-state index is 0.131. The molecule has 2 atom stereocenters. The van der Waals surface area contributed by atoms with E-state index in [2.05, 4.69) is 10.6 Å². The lowest BCUT2D eigenvalue weighted by molar-refractivity contribution is -0.126. The standard InChI is InChI=1S/C30H33N3O8S/c1-38-23-13-10-20(16-24(23)39-2)27(29(36)31-17-22-6-4-14-41-22)33(21-11-8-19(9-12-21)30(37)40-3)26(34)18-32-28(35)25-7-5-15-42-25/h5,7-13,15-16,22,27H,4,6,14,17-18H2,1-3H3,(H,31,36)(H,32,35)/t22-,27+/m0/s1. The largest absolute Gasteiger partial charge is 0.493 e. The number of hydrogen-bond acceptors (Lipinski definition) is 9. The average Bonchev–Trinajstić information content (AvgIpc) is 3.76. The highest BCUT2D eigenvalue weighted by molar-refractivity contribution is 7.12. The van der Waals surface area contributed by atoms with Crippen molar-refractivity contribution in [3.05, 3.63) is 76.0 Å². The first-order valence-electron chi connectivity index (χ1n) is 13.3. The van der Waals surface area contributed by atoms with Gasteiger partial charge in [0, 0.05) is 18.8 Å². The summed E-state index contributed by atoms with van der Waals surface area (Å²) in [4.78, 5) is 54.3. The van der Waals surface area contributed by atoms with E-state index in [9.17, 15) is 19.2 Å². The van der Waals surface area contributed by atoms with E-state index in [1.807, 2.05) is 0 Å². The number of rotatable bonds is 12. The van der Waals surface area contributed by atoms with E-state index in [0.717, 1.165) is 12.8 Å². The number of esters is 1. The number of nitrogens with one attached hydrogen (secondary N) is 2. The average molecular weight is 596 g/mol. The van der Waals surface area contributed by atoms with Crippen LogP contribution in [0, 0.1) is 0 Å². The van der Waals surface area contributed by atoms with Crippen LogP contribution < -0.4 is 25.0 Å². The minimum atomic E-state index is -1.18. The van der Waals surface area contributed by atoms with E-state index in [1.54, 1.807) is 47.8 Å². The van der Waals surface area contributed by atoms with Crippen molar-refractivity contribution in [2.75, 3.05) is 45.9 Å². The first kappa shape index (κ1) is 30.5. The predicted molar refractivity (Wildman–Crippen MR) is 156 cm³/mol. The number of carbonyl (C=O) groups excluding carboxylic acids is 4. The molecule has 3 aromatic rings. The maximum Gasteiger partial charge on any atom is 0.337 e. The van der Waals surface area contributed by atoms with Crippen LogP contribution in [0.3, 0.4) is 0 Å². The van der Waals surface area contributed by atoms with Crippen molar-refractivity contribution < 1.29 is 38.1 Å². The highest BCUT2D eigenvalue weighted by Crippen LogP contribution is 2.34. The van der Waals surface area contributed by atoms with Gasteiger partial charge in [-0.25, -0.2) is 4.79 Å². The molecule has 0 aliphatic carbocycles. The van der Waals surface area contributed by atoms with E-state index in [1.165, 1.54) is 49.7 Å². The van der Waals surface area contributed by atoms with E-state index in [4.69, 9.17) is 18.9 Å². The van der Waals surface area contributed by atoms with Gasteiger partial charge in [-0.3, -0.25) is 19.3 Å². The van der Waals surface area contributed by atoms with Gasteiger partial charge in [0.15, 0.2) is 11.5 Å². The van der Waals surface area contributed by atoms with Crippen molar-refractivity contribution in [2.24, 2.45) is 0 Å². The van der Waals surface area contributed by atoms with Crippen molar-refractivity contribution in [3.8, 4) is 11.5 Å². The topological polar surface area (TPSA) is 132 Å². The summed E-state index contributed by atoms with van der Waals surface area (Å²) in [6.07, 6.45) is 1.59. The van der Waals surface area contributed by atoms with Crippen LogP contribution in [-0.4, -0.2) is 70.8 Å². The highest BCUT2D eigenvalue weighted by Gasteiger charge is 2.34. The smallest absolute Gasteiger partial charge is 0.337 e. The number of benzene rings is 2. The molecule has 42 heavy (non-hydrogen) atoms. The molecule has 0 saturated carbocycles. The molecule has 0 spiro atoms. The second kappa shape index (κ2) is 14.5. The van der Waals surface area contributed by atoms with Crippen LogP contribution in [0.2, 0.25) is 0 Å². The molecular formula is C30H33N3O8S. The van der Waals surface area contributed by atoms with Crippen LogP contribution in [0.25, 0.3) is 0 Å². The fraction of sp³-hybridized carbons (Fsp3) is 0.333. The second-order valence-corrected chi connectivity index (χ2v) is 10.3. The van der Waals surface area contributed by atoms with Gasteiger partial charge in [-0.15, -0.1) is 11.3 Å². The van der Waals surface area contributed by atoms with Crippen molar-refractivity contribution in [1.29, 1.82) is 0 Å². The molecular weight excluding hydrogens is 562 g/mol. The molecule has 1 aromatic heterocycles. The molecule has 2 aromatic carbocycles. The molecule has 2 N–H and O–H groups in total.